The van der Waals surface area contributed by atoms with E-state index in [9.17, 15) is 13.2 Å². The van der Waals surface area contributed by atoms with Crippen LogP contribution in [-0.4, -0.2) is 34.1 Å². The van der Waals surface area contributed by atoms with Gasteiger partial charge >= 0.3 is 0 Å². The van der Waals surface area contributed by atoms with E-state index in [1.165, 1.54) is 17.5 Å². The fourth-order valence-electron chi connectivity index (χ4n) is 3.60. The summed E-state index contributed by atoms with van der Waals surface area (Å²) in [4.78, 5) is 13.0. The fraction of sp³-hybridized carbons (Fsp3) is 0.208. The quantitative estimate of drug-likeness (QED) is 0.621. The van der Waals surface area contributed by atoms with E-state index in [1.54, 1.807) is 43.3 Å². The van der Waals surface area contributed by atoms with E-state index >= 15 is 0 Å². The molecule has 1 unspecified atom stereocenters. The number of rotatable bonds is 6. The molecular weight excluding hydrogens is 428 g/mol. The second kappa shape index (κ2) is 8.92. The summed E-state index contributed by atoms with van der Waals surface area (Å²) in [6, 6.07) is 21.0. The highest BCUT2D eigenvalue weighted by molar-refractivity contribution is 7.92. The van der Waals surface area contributed by atoms with Crippen molar-refractivity contribution in [1.29, 1.82) is 0 Å². The molecule has 0 aromatic heterocycles. The van der Waals surface area contributed by atoms with E-state index in [0.29, 0.717) is 29.3 Å². The summed E-state index contributed by atoms with van der Waals surface area (Å²) in [5, 5.41) is 2.83. The molecule has 3 aromatic carbocycles. The number of benzene rings is 3. The first-order valence-corrected chi connectivity index (χ1v) is 11.6. The summed E-state index contributed by atoms with van der Waals surface area (Å²) in [5.41, 5.74) is 2.04. The minimum absolute atomic E-state index is 0.121. The van der Waals surface area contributed by atoms with Gasteiger partial charge in [-0.05, 0) is 48.4 Å². The largest absolute Gasteiger partial charge is 0.496 e. The molecule has 1 aliphatic rings. The van der Waals surface area contributed by atoms with Gasteiger partial charge in [-0.2, -0.15) is 0 Å². The lowest BCUT2D eigenvalue weighted by atomic mass is 10.2. The van der Waals surface area contributed by atoms with E-state index in [2.05, 4.69) is 5.32 Å². The van der Waals surface area contributed by atoms with Gasteiger partial charge in [0.2, 0.25) is 0 Å². The number of amides is 1. The number of carbonyl (C=O) groups excluding carboxylic acids is 1. The smallest absolute Gasteiger partial charge is 0.264 e. The summed E-state index contributed by atoms with van der Waals surface area (Å²) in [6.45, 7) is 1.97. The molecule has 1 aliphatic heterocycles. The lowest BCUT2D eigenvalue weighted by molar-refractivity contribution is -0.127. The van der Waals surface area contributed by atoms with Crippen LogP contribution in [0.2, 0.25) is 0 Å². The summed E-state index contributed by atoms with van der Waals surface area (Å²) in [7, 11) is -2.40. The number of sulfonamides is 1. The van der Waals surface area contributed by atoms with Crippen LogP contribution < -0.4 is 19.1 Å². The number of fused-ring (bicyclic) bond motifs is 1. The van der Waals surface area contributed by atoms with Crippen LogP contribution in [-0.2, 0) is 21.4 Å². The Morgan fingerprint density at radius 3 is 2.53 bits per heavy atom. The molecule has 1 heterocycles. The summed E-state index contributed by atoms with van der Waals surface area (Å²) in [6.07, 6.45) is -0.984. The average Bonchev–Trinajstić information content (AvgIpc) is 2.82. The van der Waals surface area contributed by atoms with Crippen molar-refractivity contribution in [3.63, 3.8) is 0 Å². The molecule has 4 rings (SSSR count). The van der Waals surface area contributed by atoms with Crippen LogP contribution in [0.3, 0.4) is 0 Å². The molecule has 0 bridgehead atoms. The molecule has 0 aliphatic carbocycles. The Hall–Kier alpha value is -3.52. The van der Waals surface area contributed by atoms with Crippen LogP contribution in [0.25, 0.3) is 0 Å². The van der Waals surface area contributed by atoms with Gasteiger partial charge in [-0.15, -0.1) is 0 Å². The normalized spacial score (nSPS) is 15.4. The fourth-order valence-corrected chi connectivity index (χ4v) is 5.17. The van der Waals surface area contributed by atoms with Crippen molar-refractivity contribution in [3.05, 3.63) is 83.9 Å². The maximum Gasteiger partial charge on any atom is 0.264 e. The Labute approximate surface area is 187 Å². The van der Waals surface area contributed by atoms with Crippen LogP contribution in [0.15, 0.2) is 77.7 Å². The van der Waals surface area contributed by atoms with Crippen molar-refractivity contribution >= 4 is 21.6 Å². The van der Waals surface area contributed by atoms with Crippen molar-refractivity contribution in [2.45, 2.75) is 24.5 Å². The first-order valence-electron chi connectivity index (χ1n) is 10.1. The molecule has 166 valence electrons. The third-order valence-electron chi connectivity index (χ3n) is 5.29. The number of anilines is 1. The van der Waals surface area contributed by atoms with E-state index < -0.39 is 16.1 Å². The van der Waals surface area contributed by atoms with Gasteiger partial charge in [0.05, 0.1) is 24.2 Å². The number of ether oxygens (including phenoxy) is 2. The van der Waals surface area contributed by atoms with Gasteiger partial charge < -0.3 is 14.8 Å². The van der Waals surface area contributed by atoms with Crippen LogP contribution >= 0.6 is 0 Å². The van der Waals surface area contributed by atoms with Crippen LogP contribution in [0.1, 0.15) is 11.1 Å². The molecule has 8 heteroatoms. The Balaban J connectivity index is 1.62. The highest BCUT2D eigenvalue weighted by Gasteiger charge is 2.37. The zero-order chi connectivity index (χ0) is 22.7. The molecule has 0 spiro atoms. The molecule has 3 aromatic rings. The molecular formula is C24H24N2O5S. The Morgan fingerprint density at radius 1 is 1.09 bits per heavy atom. The lowest BCUT2D eigenvalue weighted by Gasteiger charge is -2.34. The van der Waals surface area contributed by atoms with Crippen LogP contribution in [0.5, 0.6) is 11.5 Å². The number of hydrogen-bond acceptors (Lipinski definition) is 5. The average molecular weight is 453 g/mol. The van der Waals surface area contributed by atoms with Crippen molar-refractivity contribution in [3.8, 4) is 11.5 Å². The van der Waals surface area contributed by atoms with Gasteiger partial charge in [0.1, 0.15) is 11.5 Å². The van der Waals surface area contributed by atoms with E-state index in [-0.39, 0.29) is 17.3 Å². The Bertz CT molecular complexity index is 1230. The Morgan fingerprint density at radius 2 is 1.81 bits per heavy atom. The number of aryl methyl sites for hydroxylation is 1. The number of carbonyl (C=O) groups is 1. The summed E-state index contributed by atoms with van der Waals surface area (Å²) < 4.78 is 39.4. The molecule has 0 radical (unpaired) electrons. The third kappa shape index (κ3) is 4.27. The van der Waals surface area contributed by atoms with Gasteiger partial charge in [-0.25, -0.2) is 8.42 Å². The van der Waals surface area contributed by atoms with Gasteiger partial charge in [0.15, 0.2) is 6.10 Å². The maximum absolute atomic E-state index is 13.5. The summed E-state index contributed by atoms with van der Waals surface area (Å²) in [5.74, 6) is 0.561. The number of methoxy groups -OCH3 is 1. The highest BCUT2D eigenvalue weighted by atomic mass is 32.2. The zero-order valence-corrected chi connectivity index (χ0v) is 18.6. The molecule has 0 saturated heterocycles. The second-order valence-corrected chi connectivity index (χ2v) is 9.31. The maximum atomic E-state index is 13.5. The van der Waals surface area contributed by atoms with Crippen molar-refractivity contribution in [2.75, 3.05) is 18.0 Å². The monoisotopic (exact) mass is 452 g/mol. The zero-order valence-electron chi connectivity index (χ0n) is 17.8. The Kier molecular flexibility index (Phi) is 6.05. The minimum atomic E-state index is -3.94. The number of para-hydroxylation sites is 2. The van der Waals surface area contributed by atoms with Gasteiger partial charge in [0, 0.05) is 6.54 Å². The standard InChI is InChI=1S/C24H24N2O5S/c1-17-14-19(12-13-21(17)30-2)32(28,29)26-16-23(31-22-11-7-6-10-20(22)26)24(27)25-15-18-8-4-3-5-9-18/h3-14,23H,15-16H2,1-2H3,(H,25,27). The molecule has 0 fully saturated rings. The second-order valence-electron chi connectivity index (χ2n) is 7.45. The molecule has 0 saturated carbocycles. The predicted octanol–water partition coefficient (Wildman–Crippen LogP) is 3.28. The highest BCUT2D eigenvalue weighted by Crippen LogP contribution is 2.37. The number of hydrogen-bond donors (Lipinski definition) is 1. The molecule has 32 heavy (non-hydrogen) atoms. The topological polar surface area (TPSA) is 84.9 Å². The number of nitrogens with one attached hydrogen (secondary N) is 1. The van der Waals surface area contributed by atoms with E-state index in [4.69, 9.17) is 9.47 Å². The predicted molar refractivity (Wildman–Crippen MR) is 121 cm³/mol. The van der Waals surface area contributed by atoms with Crippen LogP contribution in [0, 0.1) is 6.92 Å². The summed E-state index contributed by atoms with van der Waals surface area (Å²) >= 11 is 0. The van der Waals surface area contributed by atoms with E-state index in [1.807, 2.05) is 30.3 Å². The first kappa shape index (κ1) is 21.7. The van der Waals surface area contributed by atoms with Crippen molar-refractivity contribution < 1.29 is 22.7 Å². The first-order chi connectivity index (χ1) is 15.4. The molecule has 1 atom stereocenters. The molecule has 1 amide bonds. The molecule has 1 N–H and O–H groups in total. The number of nitrogens with zero attached hydrogens (tertiary/aromatic N) is 1. The minimum Gasteiger partial charge on any atom is -0.496 e. The third-order valence-corrected chi connectivity index (χ3v) is 7.07. The lowest BCUT2D eigenvalue weighted by Crippen LogP contribution is -2.50. The SMILES string of the molecule is COc1ccc(S(=O)(=O)N2CC(C(=O)NCc3ccccc3)Oc3ccccc32)cc1C. The van der Waals surface area contributed by atoms with E-state index in [0.717, 1.165) is 5.56 Å². The van der Waals surface area contributed by atoms with Gasteiger partial charge in [0.25, 0.3) is 15.9 Å². The molecule has 7 nitrogen and oxygen atoms in total. The van der Waals surface area contributed by atoms with Crippen LogP contribution in [0.4, 0.5) is 5.69 Å². The van der Waals surface area contributed by atoms with Gasteiger partial charge in [-0.3, -0.25) is 9.10 Å². The van der Waals surface area contributed by atoms with Crippen molar-refractivity contribution in [1.82, 2.24) is 5.32 Å². The van der Waals surface area contributed by atoms with Gasteiger partial charge in [-0.1, -0.05) is 42.5 Å². The van der Waals surface area contributed by atoms with Crippen molar-refractivity contribution in [2.24, 2.45) is 0 Å².